The molecule has 44 heavy (non-hydrogen) atoms. The van der Waals surface area contributed by atoms with Crippen LogP contribution in [0, 0.1) is 0 Å². The maximum Gasteiger partial charge on any atom is 0.332 e. The number of halogens is 2. The molecule has 6 nitrogen and oxygen atoms in total. The van der Waals surface area contributed by atoms with Crippen LogP contribution >= 0.6 is 31.9 Å². The molecule has 0 spiro atoms. The molecule has 0 bridgehead atoms. The lowest BCUT2D eigenvalue weighted by Gasteiger charge is -2.35. The maximum absolute atomic E-state index is 13.1. The second kappa shape index (κ2) is 13.2. The van der Waals surface area contributed by atoms with E-state index in [9.17, 15) is 9.59 Å². The van der Waals surface area contributed by atoms with Crippen molar-refractivity contribution in [2.45, 2.75) is 25.3 Å². The highest BCUT2D eigenvalue weighted by molar-refractivity contribution is 9.10. The molecule has 6 rings (SSSR count). The fourth-order valence-electron chi connectivity index (χ4n) is 6.06. The van der Waals surface area contributed by atoms with E-state index in [1.54, 1.807) is 0 Å². The van der Waals surface area contributed by atoms with Gasteiger partial charge in [-0.05, 0) is 84.6 Å². The number of fused-ring (bicyclic) bond motifs is 2. The lowest BCUT2D eigenvalue weighted by Crippen LogP contribution is -2.35. The molecule has 2 aliphatic heterocycles. The van der Waals surface area contributed by atoms with Crippen LogP contribution < -0.4 is 0 Å². The zero-order chi connectivity index (χ0) is 30.8. The van der Waals surface area contributed by atoms with E-state index in [2.05, 4.69) is 68.3 Å². The molecule has 2 heterocycles. The van der Waals surface area contributed by atoms with Gasteiger partial charge in [-0.2, -0.15) is 0 Å². The number of esters is 2. The summed E-state index contributed by atoms with van der Waals surface area (Å²) in [5, 5.41) is 0. The van der Waals surface area contributed by atoms with Crippen molar-refractivity contribution in [1.82, 2.24) is 9.80 Å². The Morgan fingerprint density at radius 3 is 1.48 bits per heavy atom. The van der Waals surface area contributed by atoms with E-state index in [1.165, 1.54) is 0 Å². The van der Waals surface area contributed by atoms with Crippen molar-refractivity contribution in [3.8, 4) is 22.3 Å². The van der Waals surface area contributed by atoms with Crippen LogP contribution in [0.3, 0.4) is 0 Å². The lowest BCUT2D eigenvalue weighted by atomic mass is 9.90. The third-order valence-corrected chi connectivity index (χ3v) is 9.22. The van der Waals surface area contributed by atoms with E-state index in [4.69, 9.17) is 9.47 Å². The average Bonchev–Trinajstić information content (AvgIpc) is 3.02. The number of nitrogens with zero attached hydrogens (tertiary/aromatic N) is 2. The number of rotatable bonds is 6. The molecule has 2 atom stereocenters. The quantitative estimate of drug-likeness (QED) is 0.150. The van der Waals surface area contributed by atoms with Crippen molar-refractivity contribution in [2.75, 3.05) is 27.2 Å². The Balaban J connectivity index is 1.21. The van der Waals surface area contributed by atoms with E-state index in [0.29, 0.717) is 0 Å². The van der Waals surface area contributed by atoms with E-state index in [1.807, 2.05) is 72.4 Å². The van der Waals surface area contributed by atoms with Crippen LogP contribution in [-0.4, -0.2) is 48.9 Å². The van der Waals surface area contributed by atoms with Crippen LogP contribution in [0.2, 0.25) is 0 Å². The van der Waals surface area contributed by atoms with Gasteiger partial charge < -0.3 is 9.47 Å². The number of carbonyl (C=O) groups excluding carboxylic acids is 2. The Hall–Kier alpha value is -3.56. The van der Waals surface area contributed by atoms with Crippen LogP contribution in [-0.2, 0) is 31.9 Å². The summed E-state index contributed by atoms with van der Waals surface area (Å²) >= 11 is 7.14. The molecule has 0 amide bonds. The average molecular weight is 716 g/mol. The van der Waals surface area contributed by atoms with Crippen molar-refractivity contribution in [2.24, 2.45) is 0 Å². The predicted octanol–water partition coefficient (Wildman–Crippen LogP) is 7.86. The molecule has 224 valence electrons. The number of benzene rings is 4. The summed E-state index contributed by atoms with van der Waals surface area (Å²) < 4.78 is 13.9. The molecule has 2 unspecified atom stereocenters. The van der Waals surface area contributed by atoms with Crippen molar-refractivity contribution < 1.29 is 19.1 Å². The highest BCUT2D eigenvalue weighted by Crippen LogP contribution is 2.40. The van der Waals surface area contributed by atoms with Gasteiger partial charge in [0, 0.05) is 45.3 Å². The SMILES string of the molecule is CN1CCc2cccc(-c3cccc(Br)c3)c2C1OC(=O)/C=C\C(=O)OC1c2c(cccc2-c2cccc(Br)c2)CCN1C. The molecule has 4 aromatic carbocycles. The minimum atomic E-state index is -0.608. The molecular formula is C36H32Br2N2O4. The number of hydrogen-bond donors (Lipinski definition) is 0. The summed E-state index contributed by atoms with van der Waals surface area (Å²) in [6.45, 7) is 1.48. The van der Waals surface area contributed by atoms with Gasteiger partial charge in [0.25, 0.3) is 0 Å². The molecule has 0 N–H and O–H groups in total. The largest absolute Gasteiger partial charge is 0.439 e. The summed E-state index contributed by atoms with van der Waals surface area (Å²) in [7, 11) is 3.88. The van der Waals surface area contributed by atoms with E-state index < -0.39 is 24.4 Å². The molecule has 0 radical (unpaired) electrons. The number of likely N-dealkylation sites (N-methyl/N-ethyl adjacent to an activating group) is 2. The summed E-state index contributed by atoms with van der Waals surface area (Å²) in [6.07, 6.45) is 2.84. The van der Waals surface area contributed by atoms with Gasteiger partial charge in [0.2, 0.25) is 0 Å². The lowest BCUT2D eigenvalue weighted by molar-refractivity contribution is -0.156. The Morgan fingerprint density at radius 1 is 0.659 bits per heavy atom. The van der Waals surface area contributed by atoms with Gasteiger partial charge in [0.05, 0.1) is 0 Å². The molecular weight excluding hydrogens is 684 g/mol. The van der Waals surface area contributed by atoms with Gasteiger partial charge in [-0.1, -0.05) is 92.5 Å². The molecule has 0 aliphatic carbocycles. The fraction of sp³-hybridized carbons (Fsp3) is 0.222. The highest BCUT2D eigenvalue weighted by Gasteiger charge is 2.32. The third kappa shape index (κ3) is 6.44. The standard InChI is InChI=1S/C36H32Br2N2O4/c1-39-19-17-23-7-5-13-29(25-9-3-11-27(37)21-25)33(23)35(39)43-31(41)15-16-32(42)44-36-34-24(18-20-40(36)2)8-6-14-30(34)26-10-4-12-28(38)22-26/h3-16,21-22,35-36H,17-20H2,1-2H3/b16-15-. The maximum atomic E-state index is 13.1. The first-order chi connectivity index (χ1) is 21.3. The smallest absolute Gasteiger partial charge is 0.332 e. The topological polar surface area (TPSA) is 59.1 Å². The first-order valence-electron chi connectivity index (χ1n) is 14.5. The normalized spacial score (nSPS) is 18.5. The third-order valence-electron chi connectivity index (χ3n) is 8.24. The van der Waals surface area contributed by atoms with Gasteiger partial charge >= 0.3 is 11.9 Å². The van der Waals surface area contributed by atoms with Gasteiger partial charge in [-0.25, -0.2) is 9.59 Å². The van der Waals surface area contributed by atoms with Crippen LogP contribution in [0.5, 0.6) is 0 Å². The van der Waals surface area contributed by atoms with Crippen molar-refractivity contribution in [1.29, 1.82) is 0 Å². The van der Waals surface area contributed by atoms with Crippen molar-refractivity contribution in [3.63, 3.8) is 0 Å². The summed E-state index contributed by atoms with van der Waals surface area (Å²) in [6, 6.07) is 28.5. The zero-order valence-electron chi connectivity index (χ0n) is 24.5. The molecule has 0 saturated heterocycles. The summed E-state index contributed by atoms with van der Waals surface area (Å²) in [4.78, 5) is 30.3. The van der Waals surface area contributed by atoms with Crippen LogP contribution in [0.1, 0.15) is 34.7 Å². The van der Waals surface area contributed by atoms with Crippen LogP contribution in [0.25, 0.3) is 22.3 Å². The highest BCUT2D eigenvalue weighted by atomic mass is 79.9. The molecule has 0 aromatic heterocycles. The van der Waals surface area contributed by atoms with Gasteiger partial charge in [-0.15, -0.1) is 0 Å². The zero-order valence-corrected chi connectivity index (χ0v) is 27.7. The Morgan fingerprint density at radius 2 is 1.07 bits per heavy atom. The van der Waals surface area contributed by atoms with Crippen molar-refractivity contribution >= 4 is 43.8 Å². The molecule has 2 aliphatic rings. The van der Waals surface area contributed by atoms with Crippen LogP contribution in [0.15, 0.2) is 106 Å². The van der Waals surface area contributed by atoms with E-state index in [-0.39, 0.29) is 0 Å². The second-order valence-corrected chi connectivity index (χ2v) is 13.0. The summed E-state index contributed by atoms with van der Waals surface area (Å²) in [5.41, 5.74) is 8.29. The predicted molar refractivity (Wildman–Crippen MR) is 179 cm³/mol. The Labute approximate surface area is 274 Å². The number of hydrogen-bond acceptors (Lipinski definition) is 6. The van der Waals surface area contributed by atoms with Crippen molar-refractivity contribution in [3.05, 3.63) is 128 Å². The fourth-order valence-corrected chi connectivity index (χ4v) is 6.86. The molecule has 0 saturated carbocycles. The van der Waals surface area contributed by atoms with Crippen LogP contribution in [0.4, 0.5) is 0 Å². The molecule has 8 heteroatoms. The number of carbonyl (C=O) groups is 2. The minimum Gasteiger partial charge on any atom is -0.439 e. The molecule has 4 aromatic rings. The first kappa shape index (κ1) is 30.5. The van der Waals surface area contributed by atoms with E-state index >= 15 is 0 Å². The second-order valence-electron chi connectivity index (χ2n) is 11.2. The van der Waals surface area contributed by atoms with Gasteiger partial charge in [-0.3, -0.25) is 9.80 Å². The van der Waals surface area contributed by atoms with Gasteiger partial charge in [0.1, 0.15) is 0 Å². The monoisotopic (exact) mass is 714 g/mol. The Kier molecular flexibility index (Phi) is 9.14. The van der Waals surface area contributed by atoms with Gasteiger partial charge in [0.15, 0.2) is 12.5 Å². The minimum absolute atomic E-state index is 0.591. The Bertz CT molecular complexity index is 1630. The number of ether oxygens (including phenoxy) is 2. The first-order valence-corrected chi connectivity index (χ1v) is 16.1. The van der Waals surface area contributed by atoms with E-state index in [0.717, 1.165) is 91.5 Å². The molecule has 0 fully saturated rings. The summed E-state index contributed by atoms with van der Waals surface area (Å²) in [5.74, 6) is -1.22.